The second kappa shape index (κ2) is 8.04. The molecule has 2 N–H and O–H groups in total. The summed E-state index contributed by atoms with van der Waals surface area (Å²) in [7, 11) is 3.91. The van der Waals surface area contributed by atoms with Crippen molar-refractivity contribution in [3.05, 3.63) is 54.1 Å². The van der Waals surface area contributed by atoms with Gasteiger partial charge in [0.25, 0.3) is 0 Å². The van der Waals surface area contributed by atoms with Crippen LogP contribution in [-0.2, 0) is 16.0 Å². The predicted molar refractivity (Wildman–Crippen MR) is 108 cm³/mol. The van der Waals surface area contributed by atoms with E-state index < -0.39 is 5.41 Å². The van der Waals surface area contributed by atoms with E-state index in [1.807, 2.05) is 74.4 Å². The first-order chi connectivity index (χ1) is 12.3. The van der Waals surface area contributed by atoms with Crippen molar-refractivity contribution in [2.45, 2.75) is 27.2 Å². The Labute approximate surface area is 155 Å². The van der Waals surface area contributed by atoms with Crippen molar-refractivity contribution in [2.75, 3.05) is 29.6 Å². The molecule has 0 aliphatic carbocycles. The zero-order valence-electron chi connectivity index (χ0n) is 16.1. The van der Waals surface area contributed by atoms with Crippen LogP contribution < -0.4 is 15.5 Å². The molecule has 0 aromatic heterocycles. The van der Waals surface area contributed by atoms with Crippen LogP contribution in [0.3, 0.4) is 0 Å². The largest absolute Gasteiger partial charge is 0.378 e. The first kappa shape index (κ1) is 19.5. The van der Waals surface area contributed by atoms with E-state index in [-0.39, 0.29) is 11.8 Å². The molecule has 0 fully saturated rings. The Balaban J connectivity index is 2.09. The number of anilines is 3. The zero-order chi connectivity index (χ0) is 19.3. The number of nitrogens with one attached hydrogen (secondary N) is 2. The highest BCUT2D eigenvalue weighted by Crippen LogP contribution is 2.24. The summed E-state index contributed by atoms with van der Waals surface area (Å²) in [5.74, 6) is -0.678. The molecule has 2 rings (SSSR count). The Hall–Kier alpha value is -2.82. The minimum atomic E-state index is -1.21. The number of carbonyl (C=O) groups is 2. The maximum Gasteiger partial charge on any atom is 0.239 e. The Morgan fingerprint density at radius 3 is 2.08 bits per heavy atom. The summed E-state index contributed by atoms with van der Waals surface area (Å²) < 4.78 is 0. The van der Waals surface area contributed by atoms with Gasteiger partial charge in [0.15, 0.2) is 0 Å². The summed E-state index contributed by atoms with van der Waals surface area (Å²) in [6.07, 6.45) is 0.807. The lowest BCUT2D eigenvalue weighted by Gasteiger charge is -2.23. The number of hydrogen-bond donors (Lipinski definition) is 2. The second-order valence-electron chi connectivity index (χ2n) is 6.99. The van der Waals surface area contributed by atoms with Crippen molar-refractivity contribution in [3.63, 3.8) is 0 Å². The molecule has 0 aliphatic heterocycles. The molecule has 5 heteroatoms. The van der Waals surface area contributed by atoms with E-state index in [1.165, 1.54) is 0 Å². The average molecular weight is 353 g/mol. The van der Waals surface area contributed by atoms with Gasteiger partial charge < -0.3 is 15.5 Å². The van der Waals surface area contributed by atoms with Crippen LogP contribution >= 0.6 is 0 Å². The summed E-state index contributed by atoms with van der Waals surface area (Å²) in [4.78, 5) is 27.3. The van der Waals surface area contributed by atoms with Gasteiger partial charge in [0.05, 0.1) is 0 Å². The van der Waals surface area contributed by atoms with E-state index in [2.05, 4.69) is 10.6 Å². The van der Waals surface area contributed by atoms with Crippen molar-refractivity contribution in [3.8, 4) is 0 Å². The molecule has 138 valence electrons. The molecule has 0 unspecified atom stereocenters. The van der Waals surface area contributed by atoms with E-state index in [0.717, 1.165) is 23.4 Å². The molecule has 0 heterocycles. The maximum absolute atomic E-state index is 12.7. The Morgan fingerprint density at radius 2 is 1.50 bits per heavy atom. The third-order valence-electron chi connectivity index (χ3n) is 4.42. The Bertz CT molecular complexity index is 780. The number of rotatable bonds is 6. The lowest BCUT2D eigenvalue weighted by molar-refractivity contribution is -0.135. The molecule has 0 radical (unpaired) electrons. The molecule has 0 aliphatic rings. The Morgan fingerprint density at radius 1 is 0.923 bits per heavy atom. The lowest BCUT2D eigenvalue weighted by atomic mass is 9.90. The predicted octanol–water partition coefficient (Wildman–Crippen LogP) is 3.92. The van der Waals surface area contributed by atoms with Crippen molar-refractivity contribution in [2.24, 2.45) is 5.41 Å². The number of para-hydroxylation sites is 1. The van der Waals surface area contributed by atoms with Crippen LogP contribution in [0.1, 0.15) is 26.3 Å². The monoisotopic (exact) mass is 353 g/mol. The van der Waals surface area contributed by atoms with Gasteiger partial charge in [-0.05, 0) is 56.2 Å². The minimum Gasteiger partial charge on any atom is -0.378 e. The van der Waals surface area contributed by atoms with E-state index in [0.29, 0.717) is 5.69 Å². The molecule has 0 saturated heterocycles. The quantitative estimate of drug-likeness (QED) is 0.774. The molecule has 2 aromatic rings. The van der Waals surface area contributed by atoms with Crippen LogP contribution in [0, 0.1) is 5.41 Å². The fourth-order valence-electron chi connectivity index (χ4n) is 2.46. The van der Waals surface area contributed by atoms with Crippen LogP contribution in [0.5, 0.6) is 0 Å². The van der Waals surface area contributed by atoms with E-state index in [9.17, 15) is 9.59 Å². The summed E-state index contributed by atoms with van der Waals surface area (Å²) in [5.41, 5.74) is 2.28. The fourth-order valence-corrected chi connectivity index (χ4v) is 2.46. The van der Waals surface area contributed by atoms with Gasteiger partial charge in [0.2, 0.25) is 11.8 Å². The van der Waals surface area contributed by atoms with Gasteiger partial charge in [0, 0.05) is 31.2 Å². The van der Waals surface area contributed by atoms with Gasteiger partial charge in [-0.1, -0.05) is 25.1 Å². The van der Waals surface area contributed by atoms with Crippen LogP contribution in [0.4, 0.5) is 17.1 Å². The summed E-state index contributed by atoms with van der Waals surface area (Å²) in [6, 6.07) is 15.1. The third-order valence-corrected chi connectivity index (χ3v) is 4.42. The minimum absolute atomic E-state index is 0.333. The maximum atomic E-state index is 12.7. The van der Waals surface area contributed by atoms with Crippen LogP contribution in [-0.4, -0.2) is 25.9 Å². The average Bonchev–Trinajstić information content (AvgIpc) is 2.62. The van der Waals surface area contributed by atoms with Crippen LogP contribution in [0.2, 0.25) is 0 Å². The van der Waals surface area contributed by atoms with Gasteiger partial charge in [0.1, 0.15) is 5.41 Å². The van der Waals surface area contributed by atoms with Gasteiger partial charge >= 0.3 is 0 Å². The molecule has 2 amide bonds. The molecule has 2 aromatic carbocycles. The standard InChI is InChI=1S/C21H27N3O2/c1-6-15-9-7-8-10-18(15)23-20(26)21(2,3)19(25)22-16-11-13-17(14-12-16)24(4)5/h7-14H,6H2,1-5H3,(H,22,25)(H,23,26). The third kappa shape index (κ3) is 4.42. The zero-order valence-corrected chi connectivity index (χ0v) is 16.1. The first-order valence-electron chi connectivity index (χ1n) is 8.74. The van der Waals surface area contributed by atoms with Gasteiger partial charge in [-0.25, -0.2) is 0 Å². The number of benzene rings is 2. The van der Waals surface area contributed by atoms with Gasteiger partial charge in [-0.15, -0.1) is 0 Å². The molecule has 0 bridgehead atoms. The molecule has 0 spiro atoms. The van der Waals surface area contributed by atoms with Crippen molar-refractivity contribution in [1.82, 2.24) is 0 Å². The first-order valence-corrected chi connectivity index (χ1v) is 8.74. The SMILES string of the molecule is CCc1ccccc1NC(=O)C(C)(C)C(=O)Nc1ccc(N(C)C)cc1. The number of amides is 2. The molecule has 0 saturated carbocycles. The van der Waals surface area contributed by atoms with Crippen LogP contribution in [0.25, 0.3) is 0 Å². The van der Waals surface area contributed by atoms with Crippen molar-refractivity contribution >= 4 is 28.9 Å². The van der Waals surface area contributed by atoms with Gasteiger partial charge in [-0.2, -0.15) is 0 Å². The summed E-state index contributed by atoms with van der Waals surface area (Å²) >= 11 is 0. The smallest absolute Gasteiger partial charge is 0.239 e. The Kier molecular flexibility index (Phi) is 6.03. The molecular formula is C21H27N3O2. The van der Waals surface area contributed by atoms with Crippen molar-refractivity contribution < 1.29 is 9.59 Å². The topological polar surface area (TPSA) is 61.4 Å². The number of carbonyl (C=O) groups excluding carboxylic acids is 2. The van der Waals surface area contributed by atoms with Gasteiger partial charge in [-0.3, -0.25) is 9.59 Å². The summed E-state index contributed by atoms with van der Waals surface area (Å²) in [5, 5.41) is 5.71. The molecule has 26 heavy (non-hydrogen) atoms. The summed E-state index contributed by atoms with van der Waals surface area (Å²) in [6.45, 7) is 5.28. The number of hydrogen-bond acceptors (Lipinski definition) is 3. The lowest BCUT2D eigenvalue weighted by Crippen LogP contribution is -2.41. The highest BCUT2D eigenvalue weighted by Gasteiger charge is 2.36. The van der Waals surface area contributed by atoms with Crippen molar-refractivity contribution in [1.29, 1.82) is 0 Å². The highest BCUT2D eigenvalue weighted by molar-refractivity contribution is 6.14. The normalized spacial score (nSPS) is 11.0. The fraction of sp³-hybridized carbons (Fsp3) is 0.333. The second-order valence-corrected chi connectivity index (χ2v) is 6.99. The highest BCUT2D eigenvalue weighted by atomic mass is 16.2. The molecule has 5 nitrogen and oxygen atoms in total. The van der Waals surface area contributed by atoms with E-state index in [1.54, 1.807) is 13.8 Å². The number of nitrogens with zero attached hydrogens (tertiary/aromatic N) is 1. The van der Waals surface area contributed by atoms with Crippen LogP contribution in [0.15, 0.2) is 48.5 Å². The van der Waals surface area contributed by atoms with E-state index >= 15 is 0 Å². The molecular weight excluding hydrogens is 326 g/mol. The van der Waals surface area contributed by atoms with E-state index in [4.69, 9.17) is 0 Å². The number of aryl methyl sites for hydroxylation is 1. The molecule has 0 atom stereocenters.